The quantitative estimate of drug-likeness (QED) is 0.790. The largest absolute Gasteiger partial charge is 0.369 e. The Morgan fingerprint density at radius 1 is 1.56 bits per heavy atom. The zero-order chi connectivity index (χ0) is 12.2. The van der Waals surface area contributed by atoms with Gasteiger partial charge in [-0.05, 0) is 31.7 Å². The van der Waals surface area contributed by atoms with E-state index in [1.165, 1.54) is 4.88 Å². The summed E-state index contributed by atoms with van der Waals surface area (Å²) in [4.78, 5) is 15.0. The van der Waals surface area contributed by atoms with Crippen molar-refractivity contribution in [1.82, 2.24) is 4.90 Å². The minimum atomic E-state index is -0.732. The van der Waals surface area contributed by atoms with Crippen molar-refractivity contribution in [3.8, 4) is 0 Å². The van der Waals surface area contributed by atoms with Gasteiger partial charge in [0.25, 0.3) is 5.91 Å². The van der Waals surface area contributed by atoms with Gasteiger partial charge < -0.3 is 9.64 Å². The molecule has 0 spiro atoms. The van der Waals surface area contributed by atoms with E-state index >= 15 is 0 Å². The van der Waals surface area contributed by atoms with Gasteiger partial charge in [0.1, 0.15) is 5.60 Å². The average Bonchev–Trinajstić information content (AvgIpc) is 2.77. The second-order valence-electron chi connectivity index (χ2n) is 4.27. The maximum absolute atomic E-state index is 12.0. The van der Waals surface area contributed by atoms with Crippen molar-refractivity contribution >= 4 is 17.2 Å². The molecule has 1 aromatic heterocycles. The molecule has 0 aliphatic heterocycles. The molecule has 0 bridgehead atoms. The summed E-state index contributed by atoms with van der Waals surface area (Å²) in [6.07, 6.45) is 0.902. The lowest BCUT2D eigenvalue weighted by Crippen LogP contribution is -2.45. The van der Waals surface area contributed by atoms with Crippen molar-refractivity contribution in [3.63, 3.8) is 0 Å². The smallest absolute Gasteiger partial charge is 0.253 e. The lowest BCUT2D eigenvalue weighted by atomic mass is 10.1. The van der Waals surface area contributed by atoms with Gasteiger partial charge in [0.15, 0.2) is 0 Å². The number of nitrogens with zero attached hydrogens (tertiary/aromatic N) is 1. The Morgan fingerprint density at radius 3 is 2.75 bits per heavy atom. The van der Waals surface area contributed by atoms with E-state index in [4.69, 9.17) is 4.74 Å². The van der Waals surface area contributed by atoms with E-state index in [1.807, 2.05) is 13.1 Å². The first-order chi connectivity index (χ1) is 7.47. The van der Waals surface area contributed by atoms with Crippen LogP contribution in [0.3, 0.4) is 0 Å². The van der Waals surface area contributed by atoms with Gasteiger partial charge in [0.05, 0.1) is 0 Å². The lowest BCUT2D eigenvalue weighted by molar-refractivity contribution is -0.149. The summed E-state index contributed by atoms with van der Waals surface area (Å²) < 4.78 is 5.17. The van der Waals surface area contributed by atoms with Crippen LogP contribution >= 0.6 is 11.3 Å². The van der Waals surface area contributed by atoms with Crippen molar-refractivity contribution in [2.24, 2.45) is 0 Å². The highest BCUT2D eigenvalue weighted by Crippen LogP contribution is 2.13. The molecular weight excluding hydrogens is 222 g/mol. The summed E-state index contributed by atoms with van der Waals surface area (Å²) in [5, 5.41) is 2.05. The second-order valence-corrected chi connectivity index (χ2v) is 5.30. The summed E-state index contributed by atoms with van der Waals surface area (Å²) in [5.41, 5.74) is -0.732. The van der Waals surface area contributed by atoms with E-state index in [2.05, 4.69) is 11.4 Å². The highest BCUT2D eigenvalue weighted by molar-refractivity contribution is 7.09. The molecule has 0 aliphatic carbocycles. The average molecular weight is 241 g/mol. The van der Waals surface area contributed by atoms with Crippen LogP contribution in [0.4, 0.5) is 0 Å². The maximum Gasteiger partial charge on any atom is 0.253 e. The van der Waals surface area contributed by atoms with Gasteiger partial charge in [0.2, 0.25) is 0 Å². The van der Waals surface area contributed by atoms with Gasteiger partial charge in [-0.3, -0.25) is 4.79 Å². The Labute approximate surface area is 101 Å². The molecule has 1 amide bonds. The van der Waals surface area contributed by atoms with Crippen LogP contribution in [0.2, 0.25) is 0 Å². The number of hydrogen-bond donors (Lipinski definition) is 0. The van der Waals surface area contributed by atoms with Crippen LogP contribution in [-0.2, 0) is 16.0 Å². The van der Waals surface area contributed by atoms with Gasteiger partial charge in [-0.25, -0.2) is 0 Å². The van der Waals surface area contributed by atoms with Gasteiger partial charge in [0, 0.05) is 25.6 Å². The van der Waals surface area contributed by atoms with Gasteiger partial charge in [-0.2, -0.15) is 0 Å². The first kappa shape index (κ1) is 13.2. The number of thiophene rings is 1. The number of ether oxygens (including phenoxy) is 1. The number of likely N-dealkylation sites (N-methyl/N-ethyl adjacent to an activating group) is 1. The number of carbonyl (C=O) groups excluding carboxylic acids is 1. The first-order valence-electron chi connectivity index (χ1n) is 5.30. The highest BCUT2D eigenvalue weighted by Gasteiger charge is 2.29. The molecule has 0 aliphatic rings. The van der Waals surface area contributed by atoms with E-state index in [0.29, 0.717) is 0 Å². The van der Waals surface area contributed by atoms with E-state index in [0.717, 1.165) is 13.0 Å². The standard InChI is InChI=1S/C12H19NO2S/c1-12(2,15-4)11(14)13(3)8-7-10-6-5-9-16-10/h5-6,9H,7-8H2,1-4H3. The predicted molar refractivity (Wildman–Crippen MR) is 66.7 cm³/mol. The SMILES string of the molecule is COC(C)(C)C(=O)N(C)CCc1cccs1. The molecule has 0 atom stereocenters. The zero-order valence-electron chi connectivity index (χ0n) is 10.3. The Bertz CT molecular complexity index is 333. The van der Waals surface area contributed by atoms with Crippen molar-refractivity contribution in [2.45, 2.75) is 25.9 Å². The van der Waals surface area contributed by atoms with Crippen LogP contribution in [0.1, 0.15) is 18.7 Å². The van der Waals surface area contributed by atoms with Gasteiger partial charge in [-0.1, -0.05) is 6.07 Å². The first-order valence-corrected chi connectivity index (χ1v) is 6.18. The molecule has 3 nitrogen and oxygen atoms in total. The summed E-state index contributed by atoms with van der Waals surface area (Å²) in [5.74, 6) is 0.0200. The molecule has 0 saturated heterocycles. The second kappa shape index (κ2) is 5.46. The Morgan fingerprint density at radius 2 is 2.25 bits per heavy atom. The molecule has 0 fully saturated rings. The molecule has 0 radical (unpaired) electrons. The summed E-state index contributed by atoms with van der Waals surface area (Å²) in [7, 11) is 3.38. The molecule has 0 saturated carbocycles. The third kappa shape index (κ3) is 3.32. The number of methoxy groups -OCH3 is 1. The molecule has 0 unspecified atom stereocenters. The Hall–Kier alpha value is -0.870. The van der Waals surface area contributed by atoms with Crippen molar-refractivity contribution in [2.75, 3.05) is 20.7 Å². The summed E-state index contributed by atoms with van der Waals surface area (Å²) >= 11 is 1.72. The van der Waals surface area contributed by atoms with E-state index in [1.54, 1.807) is 37.2 Å². The maximum atomic E-state index is 12.0. The predicted octanol–water partition coefficient (Wildman–Crippen LogP) is 2.17. The Balaban J connectivity index is 2.46. The monoisotopic (exact) mass is 241 g/mol. The van der Waals surface area contributed by atoms with Crippen LogP contribution < -0.4 is 0 Å². The van der Waals surface area contributed by atoms with Crippen LogP contribution in [0.25, 0.3) is 0 Å². The number of carbonyl (C=O) groups is 1. The molecule has 0 aromatic carbocycles. The van der Waals surface area contributed by atoms with Crippen LogP contribution in [0.5, 0.6) is 0 Å². The van der Waals surface area contributed by atoms with E-state index < -0.39 is 5.60 Å². The molecule has 16 heavy (non-hydrogen) atoms. The third-order valence-electron chi connectivity index (χ3n) is 2.65. The fraction of sp³-hybridized carbons (Fsp3) is 0.583. The van der Waals surface area contributed by atoms with E-state index in [9.17, 15) is 4.79 Å². The topological polar surface area (TPSA) is 29.5 Å². The molecule has 90 valence electrons. The summed E-state index contributed by atoms with van der Waals surface area (Å²) in [6.45, 7) is 4.31. The highest BCUT2D eigenvalue weighted by atomic mass is 32.1. The number of hydrogen-bond acceptors (Lipinski definition) is 3. The van der Waals surface area contributed by atoms with Crippen LogP contribution in [0.15, 0.2) is 17.5 Å². The minimum Gasteiger partial charge on any atom is -0.369 e. The van der Waals surface area contributed by atoms with Crippen LogP contribution in [-0.4, -0.2) is 37.1 Å². The lowest BCUT2D eigenvalue weighted by Gasteiger charge is -2.27. The van der Waals surface area contributed by atoms with Gasteiger partial charge in [-0.15, -0.1) is 11.3 Å². The molecule has 1 aromatic rings. The third-order valence-corrected chi connectivity index (χ3v) is 3.58. The summed E-state index contributed by atoms with van der Waals surface area (Å²) in [6, 6.07) is 4.12. The van der Waals surface area contributed by atoms with Crippen molar-refractivity contribution < 1.29 is 9.53 Å². The normalized spacial score (nSPS) is 11.5. The Kier molecular flexibility index (Phi) is 4.50. The molecular formula is C12H19NO2S. The van der Waals surface area contributed by atoms with Gasteiger partial charge >= 0.3 is 0 Å². The molecule has 0 N–H and O–H groups in total. The molecule has 4 heteroatoms. The number of rotatable bonds is 5. The zero-order valence-corrected chi connectivity index (χ0v) is 11.1. The van der Waals surface area contributed by atoms with Crippen molar-refractivity contribution in [1.29, 1.82) is 0 Å². The van der Waals surface area contributed by atoms with Crippen molar-refractivity contribution in [3.05, 3.63) is 22.4 Å². The fourth-order valence-electron chi connectivity index (χ4n) is 1.38. The molecule has 1 heterocycles. The molecule has 1 rings (SSSR count). The fourth-order valence-corrected chi connectivity index (χ4v) is 2.08. The minimum absolute atomic E-state index is 0.0200. The van der Waals surface area contributed by atoms with E-state index in [-0.39, 0.29) is 5.91 Å². The number of amides is 1. The van der Waals surface area contributed by atoms with Crippen LogP contribution in [0, 0.1) is 0 Å².